The number of fused-ring (bicyclic) bond motifs is 1. The minimum absolute atomic E-state index is 0.0669. The molecular weight excluding hydrogens is 320 g/mol. The van der Waals surface area contributed by atoms with Gasteiger partial charge in [0.15, 0.2) is 5.16 Å². The maximum Gasteiger partial charge on any atom is 0.262 e. The normalized spacial score (nSPS) is 11.2. The molecule has 0 aliphatic heterocycles. The molecule has 0 amide bonds. The van der Waals surface area contributed by atoms with Crippen LogP contribution in [-0.2, 0) is 20.0 Å². The molecule has 0 atom stereocenters. The van der Waals surface area contributed by atoms with Crippen LogP contribution in [0, 0.1) is 0 Å². The van der Waals surface area contributed by atoms with Gasteiger partial charge in [-0.15, -0.1) is 0 Å². The Balaban J connectivity index is 1.75. The molecule has 0 aliphatic carbocycles. The fraction of sp³-hybridized carbons (Fsp3) is 0.389. The van der Waals surface area contributed by atoms with Gasteiger partial charge in [0.05, 0.1) is 17.1 Å². The highest BCUT2D eigenvalue weighted by Gasteiger charge is 2.10. The van der Waals surface area contributed by atoms with Crippen molar-refractivity contribution in [3.05, 3.63) is 52.6 Å². The molecule has 0 fully saturated rings. The number of nitrogens with zero attached hydrogens (tertiary/aromatic N) is 4. The summed E-state index contributed by atoms with van der Waals surface area (Å²) in [7, 11) is 1.93. The van der Waals surface area contributed by atoms with Crippen LogP contribution in [0.1, 0.15) is 25.3 Å². The maximum absolute atomic E-state index is 12.7. The molecule has 0 N–H and O–H groups in total. The molecule has 0 saturated heterocycles. The lowest BCUT2D eigenvalue weighted by Crippen LogP contribution is -2.23. The number of hydrogen-bond acceptors (Lipinski definition) is 4. The number of aryl methyl sites for hydroxylation is 2. The Morgan fingerprint density at radius 2 is 2.08 bits per heavy atom. The molecule has 0 spiro atoms. The number of hydrogen-bond donors (Lipinski definition) is 0. The molecule has 3 aromatic rings. The third-order valence-electron chi connectivity index (χ3n) is 3.87. The number of para-hydroxylation sites is 1. The van der Waals surface area contributed by atoms with Crippen LogP contribution in [0.2, 0.25) is 0 Å². The van der Waals surface area contributed by atoms with Gasteiger partial charge in [-0.1, -0.05) is 30.8 Å². The maximum atomic E-state index is 12.7. The molecule has 24 heavy (non-hydrogen) atoms. The molecule has 0 aliphatic rings. The third kappa shape index (κ3) is 3.70. The van der Waals surface area contributed by atoms with Gasteiger partial charge in [0.2, 0.25) is 0 Å². The quantitative estimate of drug-likeness (QED) is 0.376. The third-order valence-corrected chi connectivity index (χ3v) is 4.94. The molecular formula is C18H22N4OS. The van der Waals surface area contributed by atoms with Crippen LogP contribution >= 0.6 is 11.8 Å². The molecule has 0 radical (unpaired) electrons. The summed E-state index contributed by atoms with van der Waals surface area (Å²) in [6.07, 6.45) is 6.90. The Morgan fingerprint density at radius 3 is 2.83 bits per heavy atom. The van der Waals surface area contributed by atoms with Gasteiger partial charge >= 0.3 is 0 Å². The van der Waals surface area contributed by atoms with Crippen molar-refractivity contribution in [2.45, 2.75) is 37.9 Å². The van der Waals surface area contributed by atoms with Crippen LogP contribution in [0.3, 0.4) is 0 Å². The highest BCUT2D eigenvalue weighted by molar-refractivity contribution is 7.99. The van der Waals surface area contributed by atoms with E-state index in [9.17, 15) is 4.79 Å². The van der Waals surface area contributed by atoms with Crippen molar-refractivity contribution in [3.8, 4) is 0 Å². The second kappa shape index (κ2) is 7.66. The molecule has 0 saturated carbocycles. The summed E-state index contributed by atoms with van der Waals surface area (Å²) in [5.41, 5.74) is 2.09. The fourth-order valence-corrected chi connectivity index (χ4v) is 3.68. The summed E-state index contributed by atoms with van der Waals surface area (Å²) >= 11 is 1.67. The second-order valence-corrected chi connectivity index (χ2v) is 6.90. The smallest absolute Gasteiger partial charge is 0.262 e. The lowest BCUT2D eigenvalue weighted by Gasteiger charge is -2.12. The first kappa shape index (κ1) is 16.8. The number of thioether (sulfide) groups is 1. The largest absolute Gasteiger partial charge is 0.287 e. The monoisotopic (exact) mass is 342 g/mol. The zero-order valence-electron chi connectivity index (χ0n) is 14.1. The van der Waals surface area contributed by atoms with E-state index >= 15 is 0 Å². The van der Waals surface area contributed by atoms with Crippen LogP contribution in [-0.4, -0.2) is 25.1 Å². The number of rotatable bonds is 7. The molecule has 1 aromatic carbocycles. The van der Waals surface area contributed by atoms with Crippen molar-refractivity contribution in [2.75, 3.05) is 5.75 Å². The van der Waals surface area contributed by atoms with Gasteiger partial charge in [-0.25, -0.2) is 4.98 Å². The molecule has 0 unspecified atom stereocenters. The molecule has 126 valence electrons. The van der Waals surface area contributed by atoms with Crippen LogP contribution in [0.4, 0.5) is 0 Å². The molecule has 3 rings (SSSR count). The van der Waals surface area contributed by atoms with E-state index in [1.165, 1.54) is 5.56 Å². The first-order valence-corrected chi connectivity index (χ1v) is 9.27. The Hall–Kier alpha value is -2.08. The SMILES string of the molecule is CCCn1c(SCCCc2cnn(C)c2)nc2ccccc2c1=O. The minimum atomic E-state index is 0.0669. The van der Waals surface area contributed by atoms with Crippen molar-refractivity contribution in [3.63, 3.8) is 0 Å². The average molecular weight is 342 g/mol. The topological polar surface area (TPSA) is 52.7 Å². The van der Waals surface area contributed by atoms with Gasteiger partial charge in [-0.3, -0.25) is 14.0 Å². The van der Waals surface area contributed by atoms with E-state index in [1.807, 2.05) is 53.0 Å². The van der Waals surface area contributed by atoms with Gasteiger partial charge in [0.25, 0.3) is 5.56 Å². The van der Waals surface area contributed by atoms with Crippen molar-refractivity contribution < 1.29 is 0 Å². The molecule has 5 nitrogen and oxygen atoms in total. The Kier molecular flexibility index (Phi) is 5.35. The molecule has 2 heterocycles. The van der Waals surface area contributed by atoms with Gasteiger partial charge < -0.3 is 0 Å². The highest BCUT2D eigenvalue weighted by Crippen LogP contribution is 2.19. The summed E-state index contributed by atoms with van der Waals surface area (Å²) in [5, 5.41) is 5.72. The summed E-state index contributed by atoms with van der Waals surface area (Å²) in [6.45, 7) is 2.79. The minimum Gasteiger partial charge on any atom is -0.287 e. The highest BCUT2D eigenvalue weighted by atomic mass is 32.2. The van der Waals surface area contributed by atoms with Crippen LogP contribution in [0.5, 0.6) is 0 Å². The first-order valence-electron chi connectivity index (χ1n) is 8.29. The predicted octanol–water partition coefficient (Wildman–Crippen LogP) is 3.26. The van der Waals surface area contributed by atoms with Crippen molar-refractivity contribution >= 4 is 22.7 Å². The van der Waals surface area contributed by atoms with E-state index in [4.69, 9.17) is 4.98 Å². The predicted molar refractivity (Wildman–Crippen MR) is 98.5 cm³/mol. The van der Waals surface area contributed by atoms with Gasteiger partial charge in [-0.2, -0.15) is 5.10 Å². The van der Waals surface area contributed by atoms with E-state index in [0.29, 0.717) is 11.9 Å². The van der Waals surface area contributed by atoms with Gasteiger partial charge in [-0.05, 0) is 37.0 Å². The first-order chi connectivity index (χ1) is 11.7. The Labute approximate surface area is 145 Å². The van der Waals surface area contributed by atoms with E-state index in [0.717, 1.165) is 35.7 Å². The van der Waals surface area contributed by atoms with Crippen LogP contribution in [0.15, 0.2) is 46.6 Å². The standard InChI is InChI=1S/C18H22N4OS/c1-3-10-22-17(23)15-8-4-5-9-16(15)20-18(22)24-11-6-7-14-12-19-21(2)13-14/h4-5,8-9,12-13H,3,6-7,10-11H2,1-2H3. The molecule has 2 aromatic heterocycles. The summed E-state index contributed by atoms with van der Waals surface area (Å²) in [5.74, 6) is 0.934. The number of benzene rings is 1. The lowest BCUT2D eigenvalue weighted by atomic mass is 10.2. The fourth-order valence-electron chi connectivity index (χ4n) is 2.72. The molecule has 6 heteroatoms. The second-order valence-electron chi connectivity index (χ2n) is 5.84. The van der Waals surface area contributed by atoms with Crippen molar-refractivity contribution in [1.29, 1.82) is 0 Å². The van der Waals surface area contributed by atoms with Gasteiger partial charge in [0, 0.05) is 25.5 Å². The zero-order valence-corrected chi connectivity index (χ0v) is 14.9. The molecule has 0 bridgehead atoms. The zero-order chi connectivity index (χ0) is 16.9. The Bertz CT molecular complexity index is 884. The summed E-state index contributed by atoms with van der Waals surface area (Å²) in [4.78, 5) is 17.4. The van der Waals surface area contributed by atoms with E-state index in [-0.39, 0.29) is 5.56 Å². The van der Waals surface area contributed by atoms with E-state index in [2.05, 4.69) is 12.0 Å². The number of aromatic nitrogens is 4. The van der Waals surface area contributed by atoms with Crippen LogP contribution in [0.25, 0.3) is 10.9 Å². The average Bonchev–Trinajstić information content (AvgIpc) is 3.00. The lowest BCUT2D eigenvalue weighted by molar-refractivity contribution is 0.584. The van der Waals surface area contributed by atoms with E-state index in [1.54, 1.807) is 11.8 Å². The van der Waals surface area contributed by atoms with Crippen LogP contribution < -0.4 is 5.56 Å². The van der Waals surface area contributed by atoms with Crippen molar-refractivity contribution in [2.24, 2.45) is 7.05 Å². The van der Waals surface area contributed by atoms with Gasteiger partial charge in [0.1, 0.15) is 0 Å². The summed E-state index contributed by atoms with van der Waals surface area (Å²) in [6, 6.07) is 7.58. The van der Waals surface area contributed by atoms with E-state index < -0.39 is 0 Å². The summed E-state index contributed by atoms with van der Waals surface area (Å²) < 4.78 is 3.64. The van der Waals surface area contributed by atoms with Crippen molar-refractivity contribution in [1.82, 2.24) is 19.3 Å². The Morgan fingerprint density at radius 1 is 1.25 bits per heavy atom.